The maximum atomic E-state index is 11.4. The summed E-state index contributed by atoms with van der Waals surface area (Å²) in [6.07, 6.45) is 0. The Bertz CT molecular complexity index is 407. The van der Waals surface area contributed by atoms with E-state index in [0.29, 0.717) is 5.11 Å². The van der Waals surface area contributed by atoms with Crippen LogP contribution in [0.1, 0.15) is 13.8 Å². The highest BCUT2D eigenvalue weighted by atomic mass is 79.9. The minimum atomic E-state index is -0.0930. The number of rotatable bonds is 2. The second-order valence-electron chi connectivity index (χ2n) is 3.58. The van der Waals surface area contributed by atoms with Crippen LogP contribution in [0.4, 0.5) is 5.69 Å². The van der Waals surface area contributed by atoms with Gasteiger partial charge < -0.3 is 10.6 Å². The lowest BCUT2D eigenvalue weighted by Crippen LogP contribution is -2.36. The van der Waals surface area contributed by atoms with Gasteiger partial charge in [-0.15, -0.1) is 0 Å². The first-order valence-electron chi connectivity index (χ1n) is 4.87. The highest BCUT2D eigenvalue weighted by Crippen LogP contribution is 2.20. The number of carbonyl (C=O) groups is 1. The molecule has 0 saturated heterocycles. The van der Waals surface area contributed by atoms with E-state index in [1.165, 1.54) is 0 Å². The molecule has 0 spiro atoms. The third-order valence-electron chi connectivity index (χ3n) is 1.88. The first-order chi connectivity index (χ1) is 7.50. The molecule has 16 heavy (non-hydrogen) atoms. The number of benzene rings is 1. The second-order valence-corrected chi connectivity index (χ2v) is 4.84. The van der Waals surface area contributed by atoms with E-state index in [1.807, 2.05) is 38.1 Å². The van der Waals surface area contributed by atoms with Gasteiger partial charge in [0.25, 0.3) is 0 Å². The Hall–Kier alpha value is -0.940. The van der Waals surface area contributed by atoms with Crippen LogP contribution in [0, 0.1) is 5.92 Å². The Morgan fingerprint density at radius 2 is 2.00 bits per heavy atom. The SMILES string of the molecule is CC(C)C(=O)NC(=S)Nc1ccccc1Br. The zero-order chi connectivity index (χ0) is 12.1. The number of thiocarbonyl (C=S) groups is 1. The van der Waals surface area contributed by atoms with Gasteiger partial charge in [0, 0.05) is 10.4 Å². The lowest BCUT2D eigenvalue weighted by atomic mass is 10.2. The fourth-order valence-electron chi connectivity index (χ4n) is 0.972. The van der Waals surface area contributed by atoms with Crippen LogP contribution in [-0.2, 0) is 4.79 Å². The lowest BCUT2D eigenvalue weighted by molar-refractivity contribution is -0.122. The fourth-order valence-corrected chi connectivity index (χ4v) is 1.57. The van der Waals surface area contributed by atoms with Gasteiger partial charge in [-0.25, -0.2) is 0 Å². The van der Waals surface area contributed by atoms with Gasteiger partial charge in [-0.3, -0.25) is 4.79 Å². The summed E-state index contributed by atoms with van der Waals surface area (Å²) in [5.41, 5.74) is 0.830. The molecule has 86 valence electrons. The molecule has 1 rings (SSSR count). The molecule has 0 aliphatic carbocycles. The smallest absolute Gasteiger partial charge is 0.228 e. The van der Waals surface area contributed by atoms with Crippen LogP contribution < -0.4 is 10.6 Å². The number of para-hydroxylation sites is 1. The van der Waals surface area contributed by atoms with Crippen molar-refractivity contribution >= 4 is 44.9 Å². The summed E-state index contributed by atoms with van der Waals surface area (Å²) in [5.74, 6) is -0.177. The van der Waals surface area contributed by atoms with Crippen molar-refractivity contribution < 1.29 is 4.79 Å². The van der Waals surface area contributed by atoms with Crippen LogP contribution in [0.3, 0.4) is 0 Å². The minimum absolute atomic E-state index is 0.0843. The number of nitrogens with one attached hydrogen (secondary N) is 2. The Morgan fingerprint density at radius 1 is 1.38 bits per heavy atom. The molecule has 0 radical (unpaired) electrons. The molecule has 0 unspecified atom stereocenters. The van der Waals surface area contributed by atoms with E-state index in [4.69, 9.17) is 12.2 Å². The molecule has 1 aromatic rings. The van der Waals surface area contributed by atoms with Gasteiger partial charge in [0.15, 0.2) is 5.11 Å². The molecule has 0 bridgehead atoms. The van der Waals surface area contributed by atoms with Crippen LogP contribution in [0.25, 0.3) is 0 Å². The standard InChI is InChI=1S/C11H13BrN2OS/c1-7(2)10(15)14-11(16)13-9-6-4-3-5-8(9)12/h3-7H,1-2H3,(H2,13,14,15,16). The van der Waals surface area contributed by atoms with Gasteiger partial charge in [0.1, 0.15) is 0 Å². The summed E-state index contributed by atoms with van der Waals surface area (Å²) >= 11 is 8.41. The second kappa shape index (κ2) is 5.96. The number of anilines is 1. The summed E-state index contributed by atoms with van der Waals surface area (Å²) < 4.78 is 0.899. The predicted molar refractivity (Wildman–Crippen MR) is 73.3 cm³/mol. The molecule has 0 aliphatic heterocycles. The van der Waals surface area contributed by atoms with Crippen molar-refractivity contribution in [3.8, 4) is 0 Å². The molecular weight excluding hydrogens is 288 g/mol. The van der Waals surface area contributed by atoms with E-state index in [2.05, 4.69) is 26.6 Å². The van der Waals surface area contributed by atoms with Crippen molar-refractivity contribution in [2.24, 2.45) is 5.92 Å². The van der Waals surface area contributed by atoms with Crippen molar-refractivity contribution in [2.45, 2.75) is 13.8 Å². The number of hydrogen-bond acceptors (Lipinski definition) is 2. The summed E-state index contributed by atoms with van der Waals surface area (Å²) in [7, 11) is 0. The van der Waals surface area contributed by atoms with Crippen molar-refractivity contribution in [3.63, 3.8) is 0 Å². The Labute approximate surface area is 109 Å². The van der Waals surface area contributed by atoms with E-state index in [9.17, 15) is 4.79 Å². The Balaban J connectivity index is 2.59. The molecule has 5 heteroatoms. The summed E-state index contributed by atoms with van der Waals surface area (Å²) in [6, 6.07) is 7.57. The van der Waals surface area contributed by atoms with Crippen LogP contribution >= 0.6 is 28.1 Å². The van der Waals surface area contributed by atoms with E-state index >= 15 is 0 Å². The third kappa shape index (κ3) is 3.90. The summed E-state index contributed by atoms with van der Waals surface area (Å²) in [4.78, 5) is 11.4. The maximum absolute atomic E-state index is 11.4. The van der Waals surface area contributed by atoms with E-state index in [1.54, 1.807) is 0 Å². The average Bonchev–Trinajstić information content (AvgIpc) is 2.21. The number of amides is 1. The van der Waals surface area contributed by atoms with Gasteiger partial charge in [0.2, 0.25) is 5.91 Å². The van der Waals surface area contributed by atoms with Gasteiger partial charge in [-0.05, 0) is 40.3 Å². The van der Waals surface area contributed by atoms with Crippen LogP contribution in [0.2, 0.25) is 0 Å². The molecule has 0 fully saturated rings. The van der Waals surface area contributed by atoms with Crippen LogP contribution in [0.5, 0.6) is 0 Å². The van der Waals surface area contributed by atoms with E-state index in [0.717, 1.165) is 10.2 Å². The topological polar surface area (TPSA) is 41.1 Å². The fraction of sp³-hybridized carbons (Fsp3) is 0.273. The van der Waals surface area contributed by atoms with E-state index in [-0.39, 0.29) is 11.8 Å². The molecule has 1 amide bonds. The molecule has 1 aromatic carbocycles. The van der Waals surface area contributed by atoms with Crippen LogP contribution in [0.15, 0.2) is 28.7 Å². The van der Waals surface area contributed by atoms with Crippen molar-refractivity contribution in [3.05, 3.63) is 28.7 Å². The minimum Gasteiger partial charge on any atom is -0.331 e. The highest BCUT2D eigenvalue weighted by molar-refractivity contribution is 9.10. The quantitative estimate of drug-likeness (QED) is 0.825. The Kier molecular flexibility index (Phi) is 4.89. The van der Waals surface area contributed by atoms with Crippen LogP contribution in [-0.4, -0.2) is 11.0 Å². The molecule has 0 saturated carbocycles. The van der Waals surface area contributed by atoms with Crippen molar-refractivity contribution in [2.75, 3.05) is 5.32 Å². The summed E-state index contributed by atoms with van der Waals surface area (Å²) in [5, 5.41) is 5.87. The van der Waals surface area contributed by atoms with Gasteiger partial charge in [-0.2, -0.15) is 0 Å². The molecule has 3 nitrogen and oxygen atoms in total. The zero-order valence-electron chi connectivity index (χ0n) is 9.08. The number of carbonyl (C=O) groups excluding carboxylic acids is 1. The number of hydrogen-bond donors (Lipinski definition) is 2. The van der Waals surface area contributed by atoms with Crippen molar-refractivity contribution in [1.82, 2.24) is 5.32 Å². The van der Waals surface area contributed by atoms with Gasteiger partial charge >= 0.3 is 0 Å². The number of halogens is 1. The molecule has 0 aromatic heterocycles. The lowest BCUT2D eigenvalue weighted by Gasteiger charge is -2.11. The summed E-state index contributed by atoms with van der Waals surface area (Å²) in [6.45, 7) is 3.63. The first-order valence-corrected chi connectivity index (χ1v) is 6.07. The molecule has 0 atom stereocenters. The van der Waals surface area contributed by atoms with Crippen molar-refractivity contribution in [1.29, 1.82) is 0 Å². The normalized spacial score (nSPS) is 10.0. The molecule has 0 heterocycles. The largest absolute Gasteiger partial charge is 0.331 e. The van der Waals surface area contributed by atoms with Gasteiger partial charge in [0.05, 0.1) is 5.69 Å². The predicted octanol–water partition coefficient (Wildman–Crippen LogP) is 2.92. The molecule has 2 N–H and O–H groups in total. The highest BCUT2D eigenvalue weighted by Gasteiger charge is 2.09. The van der Waals surface area contributed by atoms with Gasteiger partial charge in [-0.1, -0.05) is 26.0 Å². The molecule has 0 aliphatic rings. The first kappa shape index (κ1) is 13.1. The third-order valence-corrected chi connectivity index (χ3v) is 2.78. The average molecular weight is 301 g/mol. The maximum Gasteiger partial charge on any atom is 0.228 e. The monoisotopic (exact) mass is 300 g/mol. The zero-order valence-corrected chi connectivity index (χ0v) is 11.5. The molecular formula is C11H13BrN2OS. The Morgan fingerprint density at radius 3 is 2.56 bits per heavy atom. The van der Waals surface area contributed by atoms with E-state index < -0.39 is 0 Å².